The van der Waals surface area contributed by atoms with Gasteiger partial charge in [-0.3, -0.25) is 4.79 Å². The highest BCUT2D eigenvalue weighted by atomic mass is 19.1. The fourth-order valence-corrected chi connectivity index (χ4v) is 2.13. The van der Waals surface area contributed by atoms with E-state index in [1.807, 2.05) is 0 Å². The third-order valence-corrected chi connectivity index (χ3v) is 3.20. The molecule has 1 aliphatic heterocycles. The summed E-state index contributed by atoms with van der Waals surface area (Å²) in [4.78, 5) is 22.5. The molecule has 1 saturated heterocycles. The zero-order valence-corrected chi connectivity index (χ0v) is 10.9. The molecule has 1 aromatic carbocycles. The molecule has 1 amide bonds. The highest BCUT2D eigenvalue weighted by Gasteiger charge is 2.17. The second-order valence-corrected chi connectivity index (χ2v) is 4.72. The van der Waals surface area contributed by atoms with E-state index < -0.39 is 11.8 Å². The van der Waals surface area contributed by atoms with Crippen LogP contribution in [0.1, 0.15) is 36.0 Å². The Labute approximate surface area is 115 Å². The van der Waals surface area contributed by atoms with Crippen molar-refractivity contribution < 1.29 is 23.8 Å². The summed E-state index contributed by atoms with van der Waals surface area (Å²) in [5.41, 5.74) is -0.178. The monoisotopic (exact) mass is 281 g/mol. The van der Waals surface area contributed by atoms with Crippen molar-refractivity contribution in [2.45, 2.75) is 31.8 Å². The number of amides is 1. The van der Waals surface area contributed by atoms with Gasteiger partial charge in [0.1, 0.15) is 5.82 Å². The second kappa shape index (κ2) is 6.47. The lowest BCUT2D eigenvalue weighted by Gasteiger charge is -2.10. The zero-order chi connectivity index (χ0) is 14.5. The Balaban J connectivity index is 1.92. The van der Waals surface area contributed by atoms with E-state index in [0.29, 0.717) is 6.42 Å². The molecule has 1 unspecified atom stereocenters. The molecule has 0 spiro atoms. The summed E-state index contributed by atoms with van der Waals surface area (Å²) >= 11 is 0. The molecule has 1 aliphatic rings. The van der Waals surface area contributed by atoms with Crippen LogP contribution in [0.5, 0.6) is 0 Å². The maximum absolute atomic E-state index is 13.5. The van der Waals surface area contributed by atoms with E-state index in [2.05, 4.69) is 5.32 Å². The number of carbonyl (C=O) groups is 2. The van der Waals surface area contributed by atoms with E-state index in [9.17, 15) is 14.0 Å². The molecule has 2 rings (SSSR count). The van der Waals surface area contributed by atoms with Crippen LogP contribution in [0, 0.1) is 5.82 Å². The highest BCUT2D eigenvalue weighted by Crippen LogP contribution is 2.19. The molecule has 2 N–H and O–H groups in total. The molecule has 1 atom stereocenters. The van der Waals surface area contributed by atoms with Crippen LogP contribution < -0.4 is 5.32 Å². The van der Waals surface area contributed by atoms with Gasteiger partial charge in [-0.15, -0.1) is 0 Å². The van der Waals surface area contributed by atoms with Gasteiger partial charge in [0.2, 0.25) is 5.91 Å². The van der Waals surface area contributed by atoms with Crippen molar-refractivity contribution in [1.82, 2.24) is 0 Å². The van der Waals surface area contributed by atoms with Gasteiger partial charge in [-0.2, -0.15) is 0 Å². The molecule has 108 valence electrons. The van der Waals surface area contributed by atoms with E-state index in [0.717, 1.165) is 37.6 Å². The molecular weight excluding hydrogens is 265 g/mol. The fourth-order valence-electron chi connectivity index (χ4n) is 2.13. The minimum Gasteiger partial charge on any atom is -0.478 e. The van der Waals surface area contributed by atoms with Gasteiger partial charge < -0.3 is 15.2 Å². The van der Waals surface area contributed by atoms with Gasteiger partial charge in [-0.25, -0.2) is 9.18 Å². The number of anilines is 1. The Bertz CT molecular complexity index is 512. The average molecular weight is 281 g/mol. The van der Waals surface area contributed by atoms with Gasteiger partial charge >= 0.3 is 5.97 Å². The third kappa shape index (κ3) is 3.77. The number of hydrogen-bond acceptors (Lipinski definition) is 3. The zero-order valence-electron chi connectivity index (χ0n) is 10.9. The first-order valence-electron chi connectivity index (χ1n) is 6.50. The van der Waals surface area contributed by atoms with E-state index >= 15 is 0 Å². The van der Waals surface area contributed by atoms with Crippen LogP contribution >= 0.6 is 0 Å². The van der Waals surface area contributed by atoms with Gasteiger partial charge in [-0.1, -0.05) is 0 Å². The van der Waals surface area contributed by atoms with Crippen molar-refractivity contribution in [2.75, 3.05) is 11.9 Å². The van der Waals surface area contributed by atoms with Crippen LogP contribution in [-0.2, 0) is 9.53 Å². The average Bonchev–Trinajstić information content (AvgIpc) is 2.92. The topological polar surface area (TPSA) is 75.6 Å². The summed E-state index contributed by atoms with van der Waals surface area (Å²) in [6, 6.07) is 3.29. The number of carbonyl (C=O) groups excluding carboxylic acids is 1. The lowest BCUT2D eigenvalue weighted by molar-refractivity contribution is -0.116. The van der Waals surface area contributed by atoms with Gasteiger partial charge in [0, 0.05) is 13.0 Å². The minimum absolute atomic E-state index is 0.0687. The van der Waals surface area contributed by atoms with Crippen LogP contribution in [-0.4, -0.2) is 29.7 Å². The lowest BCUT2D eigenvalue weighted by atomic mass is 10.1. The summed E-state index contributed by atoms with van der Waals surface area (Å²) in [5.74, 6) is -2.16. The van der Waals surface area contributed by atoms with Crippen LogP contribution in [0.25, 0.3) is 0 Å². The first-order chi connectivity index (χ1) is 9.56. The summed E-state index contributed by atoms with van der Waals surface area (Å²) < 4.78 is 18.9. The summed E-state index contributed by atoms with van der Waals surface area (Å²) in [5, 5.41) is 11.2. The van der Waals surface area contributed by atoms with E-state index in [4.69, 9.17) is 9.84 Å². The number of rotatable bonds is 5. The summed E-state index contributed by atoms with van der Waals surface area (Å²) in [6.45, 7) is 0.724. The van der Waals surface area contributed by atoms with Crippen molar-refractivity contribution >= 4 is 17.6 Å². The maximum atomic E-state index is 13.5. The summed E-state index contributed by atoms with van der Waals surface area (Å²) in [6.07, 6.45) is 2.85. The molecule has 1 fully saturated rings. The summed E-state index contributed by atoms with van der Waals surface area (Å²) in [7, 11) is 0. The Kier molecular flexibility index (Phi) is 4.68. The van der Waals surface area contributed by atoms with Crippen LogP contribution in [0.3, 0.4) is 0 Å². The predicted octanol–water partition coefficient (Wildman–Crippen LogP) is 2.42. The van der Waals surface area contributed by atoms with Crippen molar-refractivity contribution in [3.63, 3.8) is 0 Å². The largest absolute Gasteiger partial charge is 0.478 e. The SMILES string of the molecule is O=C(CCC1CCCO1)Nc1cc(C(=O)O)ccc1F. The molecule has 0 aromatic heterocycles. The molecule has 1 aromatic rings. The van der Waals surface area contributed by atoms with Gasteiger partial charge in [0.25, 0.3) is 0 Å². The standard InChI is InChI=1S/C14H16FNO4/c15-11-5-3-9(14(18)19)8-12(11)16-13(17)6-4-10-2-1-7-20-10/h3,5,8,10H,1-2,4,6-7H2,(H,16,17)(H,18,19). The lowest BCUT2D eigenvalue weighted by Crippen LogP contribution is -2.16. The van der Waals surface area contributed by atoms with Gasteiger partial charge in [0.05, 0.1) is 17.4 Å². The van der Waals surface area contributed by atoms with Crippen molar-refractivity contribution in [3.8, 4) is 0 Å². The Morgan fingerprint density at radius 3 is 2.90 bits per heavy atom. The Morgan fingerprint density at radius 2 is 2.25 bits per heavy atom. The smallest absolute Gasteiger partial charge is 0.335 e. The van der Waals surface area contributed by atoms with Crippen LogP contribution in [0.15, 0.2) is 18.2 Å². The molecule has 1 heterocycles. The first-order valence-corrected chi connectivity index (χ1v) is 6.50. The van der Waals surface area contributed by atoms with Gasteiger partial charge in [0.15, 0.2) is 0 Å². The quantitative estimate of drug-likeness (QED) is 0.869. The molecule has 20 heavy (non-hydrogen) atoms. The van der Waals surface area contributed by atoms with E-state index in [-0.39, 0.29) is 29.7 Å². The van der Waals surface area contributed by atoms with E-state index in [1.54, 1.807) is 0 Å². The number of carboxylic acids is 1. The van der Waals surface area contributed by atoms with Crippen LogP contribution in [0.2, 0.25) is 0 Å². The van der Waals surface area contributed by atoms with Crippen LogP contribution in [0.4, 0.5) is 10.1 Å². The number of carboxylic acid groups (broad SMARTS) is 1. The fraction of sp³-hybridized carbons (Fsp3) is 0.429. The first kappa shape index (κ1) is 14.5. The Morgan fingerprint density at radius 1 is 1.45 bits per heavy atom. The molecule has 6 heteroatoms. The second-order valence-electron chi connectivity index (χ2n) is 4.72. The molecule has 0 saturated carbocycles. The molecular formula is C14H16FNO4. The number of nitrogens with one attached hydrogen (secondary N) is 1. The number of aromatic carboxylic acids is 1. The number of halogens is 1. The van der Waals surface area contributed by atoms with Crippen molar-refractivity contribution in [3.05, 3.63) is 29.6 Å². The normalized spacial score (nSPS) is 17.9. The number of benzene rings is 1. The Hall–Kier alpha value is -1.95. The van der Waals surface area contributed by atoms with Crippen molar-refractivity contribution in [1.29, 1.82) is 0 Å². The van der Waals surface area contributed by atoms with Gasteiger partial charge in [-0.05, 0) is 37.5 Å². The van der Waals surface area contributed by atoms with Crippen molar-refractivity contribution in [2.24, 2.45) is 0 Å². The molecule has 5 nitrogen and oxygen atoms in total. The maximum Gasteiger partial charge on any atom is 0.335 e. The minimum atomic E-state index is -1.17. The molecule has 0 aliphatic carbocycles. The molecule has 0 bridgehead atoms. The number of ether oxygens (including phenoxy) is 1. The van der Waals surface area contributed by atoms with E-state index in [1.165, 1.54) is 0 Å². The molecule has 0 radical (unpaired) electrons. The third-order valence-electron chi connectivity index (χ3n) is 3.20. The number of hydrogen-bond donors (Lipinski definition) is 2. The highest BCUT2D eigenvalue weighted by molar-refractivity contribution is 5.94. The predicted molar refractivity (Wildman–Crippen MR) is 70.2 cm³/mol.